The molecule has 0 aliphatic carbocycles. The van der Waals surface area contributed by atoms with Gasteiger partial charge in [-0.3, -0.25) is 9.59 Å². The van der Waals surface area contributed by atoms with Gasteiger partial charge in [-0.1, -0.05) is 38.1 Å². The monoisotopic (exact) mass is 1000 g/mol. The predicted octanol–water partition coefficient (Wildman–Crippen LogP) is 6.71. The number of fused-ring (bicyclic) bond motifs is 6. The lowest BCUT2D eigenvalue weighted by atomic mass is 9.98. The van der Waals surface area contributed by atoms with E-state index in [2.05, 4.69) is 24.1 Å². The van der Waals surface area contributed by atoms with Crippen LogP contribution in [0.3, 0.4) is 0 Å². The largest absolute Gasteiger partial charge is 0.465 e. The third kappa shape index (κ3) is 9.26. The van der Waals surface area contributed by atoms with Gasteiger partial charge in [0.25, 0.3) is 31.9 Å². The minimum atomic E-state index is -4.12. The van der Waals surface area contributed by atoms with Crippen LogP contribution in [0.5, 0.6) is 0 Å². The molecule has 6 aromatic rings. The molecule has 4 aromatic carbocycles. The van der Waals surface area contributed by atoms with Crippen molar-refractivity contribution < 1.29 is 45.5 Å². The molecule has 4 aliphatic rings. The van der Waals surface area contributed by atoms with Crippen molar-refractivity contribution in [3.8, 4) is 0 Å². The van der Waals surface area contributed by atoms with Gasteiger partial charge < -0.3 is 29.5 Å². The number of esters is 2. The van der Waals surface area contributed by atoms with Crippen LogP contribution in [0.25, 0.3) is 21.8 Å². The van der Waals surface area contributed by atoms with Crippen LogP contribution in [0.2, 0.25) is 0 Å². The summed E-state index contributed by atoms with van der Waals surface area (Å²) >= 11 is 0. The molecule has 2 amide bonds. The Morgan fingerprint density at radius 2 is 1.01 bits per heavy atom. The molecule has 16 nitrogen and oxygen atoms in total. The Labute approximate surface area is 414 Å². The van der Waals surface area contributed by atoms with E-state index in [1.54, 1.807) is 48.5 Å². The number of nitrogens with zero attached hydrogens (tertiary/aromatic N) is 5. The van der Waals surface area contributed by atoms with E-state index in [1.165, 1.54) is 46.4 Å². The zero-order chi connectivity index (χ0) is 50.4. The number of likely N-dealkylation sites (tertiary alicyclic amines) is 2. The number of methoxy groups -OCH3 is 2. The van der Waals surface area contributed by atoms with Gasteiger partial charge in [-0.05, 0) is 116 Å². The number of hydrogen-bond donors (Lipinski definition) is 1. The molecule has 1 N–H and O–H groups in total. The first-order valence-corrected chi connectivity index (χ1v) is 27.1. The van der Waals surface area contributed by atoms with E-state index in [0.717, 1.165) is 73.8 Å². The lowest BCUT2D eigenvalue weighted by Crippen LogP contribution is -2.37. The van der Waals surface area contributed by atoms with E-state index in [0.29, 0.717) is 84.4 Å². The summed E-state index contributed by atoms with van der Waals surface area (Å²) in [6, 6.07) is 22.7. The van der Waals surface area contributed by atoms with Crippen LogP contribution in [0.4, 0.5) is 0 Å². The van der Waals surface area contributed by atoms with Crippen LogP contribution < -0.4 is 5.32 Å². The predicted molar refractivity (Wildman–Crippen MR) is 269 cm³/mol. The molecule has 2 fully saturated rings. The number of likely N-dealkylation sites (N-methyl/N-ethyl adjacent to an activating group) is 1. The molecule has 6 heterocycles. The van der Waals surface area contributed by atoms with Crippen molar-refractivity contribution in [1.29, 1.82) is 0 Å². The second kappa shape index (κ2) is 20.0. The van der Waals surface area contributed by atoms with E-state index >= 15 is 0 Å². The highest BCUT2D eigenvalue weighted by Crippen LogP contribution is 2.37. The number of carbonyl (C=O) groups is 4. The van der Waals surface area contributed by atoms with Gasteiger partial charge in [0.1, 0.15) is 9.79 Å². The Hall–Kier alpha value is -6.34. The molecule has 2 aromatic heterocycles. The maximum Gasteiger partial charge on any atom is 0.339 e. The van der Waals surface area contributed by atoms with Crippen LogP contribution >= 0.6 is 0 Å². The van der Waals surface area contributed by atoms with Gasteiger partial charge in [0.05, 0.1) is 36.4 Å². The number of benzene rings is 4. The molecule has 2 saturated heterocycles. The quantitative estimate of drug-likeness (QED) is 0.159. The van der Waals surface area contributed by atoms with Gasteiger partial charge in [0.15, 0.2) is 0 Å². The summed E-state index contributed by atoms with van der Waals surface area (Å²) in [5.74, 6) is -0.225. The third-order valence-corrected chi connectivity index (χ3v) is 18.1. The number of rotatable bonds is 8. The number of amides is 2. The third-order valence-electron chi connectivity index (χ3n) is 14.5. The van der Waals surface area contributed by atoms with E-state index in [4.69, 9.17) is 9.47 Å². The first-order chi connectivity index (χ1) is 34.0. The van der Waals surface area contributed by atoms with Gasteiger partial charge in [-0.15, -0.1) is 0 Å². The van der Waals surface area contributed by atoms with Gasteiger partial charge in [-0.2, -0.15) is 0 Å². The van der Waals surface area contributed by atoms with Crippen molar-refractivity contribution in [3.05, 3.63) is 130 Å². The number of hydrogen-bond acceptors (Lipinski definition) is 12. The number of carbonyl (C=O) groups excluding carboxylic acids is 4. The second-order valence-corrected chi connectivity index (χ2v) is 22.7. The number of piperidine rings is 2. The van der Waals surface area contributed by atoms with E-state index in [1.807, 2.05) is 29.0 Å². The minimum absolute atomic E-state index is 0.00495. The molecule has 4 aliphatic heterocycles. The molecule has 18 heteroatoms. The highest BCUT2D eigenvalue weighted by molar-refractivity contribution is 7.90. The summed E-state index contributed by atoms with van der Waals surface area (Å²) in [6.07, 6.45) is 5.00. The highest BCUT2D eigenvalue weighted by atomic mass is 32.2. The maximum absolute atomic E-state index is 14.1. The van der Waals surface area contributed by atoms with E-state index in [-0.39, 0.29) is 32.7 Å². The molecule has 0 unspecified atom stereocenters. The van der Waals surface area contributed by atoms with Crippen LogP contribution in [0, 0.1) is 11.8 Å². The van der Waals surface area contributed by atoms with Gasteiger partial charge in [-0.25, -0.2) is 34.4 Å². The first kappa shape index (κ1) is 49.6. The van der Waals surface area contributed by atoms with Crippen molar-refractivity contribution in [3.63, 3.8) is 0 Å². The standard InChI is InChI=1S/C27H31N3O5S.C26H29N3O5S/c1-18-10-14-29(15-11-18)26(31)19-8-9-23-21(16-19)22-17-28(2)13-12-24(22)30(23)36(33,34)25-7-5-4-6-20(25)27(32)35-3;1-17-10-13-28(14-11-17)25(30)18-7-8-22-20(15-18)21-16-27-12-9-23(21)29(22)35(32,33)24-6-4-3-5-19(24)26(31)34-2/h4-9,16,18H,10-15,17H2,1-3H3;3-8,15,17,27H,9-14,16H2,1-2H3. The van der Waals surface area contributed by atoms with Crippen molar-refractivity contribution in [2.75, 3.05) is 60.5 Å². The smallest absolute Gasteiger partial charge is 0.339 e. The van der Waals surface area contributed by atoms with Crippen LogP contribution in [0.1, 0.15) is 103 Å². The Morgan fingerprint density at radius 3 is 1.48 bits per heavy atom. The van der Waals surface area contributed by atoms with Crippen LogP contribution in [0.15, 0.2) is 94.7 Å². The molecular formula is C53H60N6O10S2. The molecule has 374 valence electrons. The summed E-state index contributed by atoms with van der Waals surface area (Å²) < 4.78 is 68.5. The zero-order valence-corrected chi connectivity index (χ0v) is 42.4. The Bertz CT molecular complexity index is 3310. The fraction of sp³-hybridized carbons (Fsp3) is 0.396. The number of aromatic nitrogens is 2. The summed E-state index contributed by atoms with van der Waals surface area (Å²) in [7, 11) is -3.78. The van der Waals surface area contributed by atoms with Crippen molar-refractivity contribution in [2.24, 2.45) is 11.8 Å². The Kier molecular flexibility index (Phi) is 14.0. The molecule has 0 saturated carbocycles. The molecule has 0 radical (unpaired) electrons. The zero-order valence-electron chi connectivity index (χ0n) is 40.8. The number of nitrogens with one attached hydrogen (secondary N) is 1. The summed E-state index contributed by atoms with van der Waals surface area (Å²) in [5.41, 5.74) is 5.27. The first-order valence-electron chi connectivity index (χ1n) is 24.2. The van der Waals surface area contributed by atoms with Crippen LogP contribution in [-0.4, -0.2) is 124 Å². The van der Waals surface area contributed by atoms with E-state index < -0.39 is 32.0 Å². The van der Waals surface area contributed by atoms with Crippen molar-refractivity contribution >= 4 is 65.6 Å². The average molecular weight is 1010 g/mol. The fourth-order valence-electron chi connectivity index (χ4n) is 10.4. The average Bonchev–Trinajstić information content (AvgIpc) is 3.91. The van der Waals surface area contributed by atoms with Gasteiger partial charge >= 0.3 is 11.9 Å². The highest BCUT2D eigenvalue weighted by Gasteiger charge is 2.35. The molecule has 10 rings (SSSR count). The lowest BCUT2D eigenvalue weighted by Gasteiger charge is -2.30. The van der Waals surface area contributed by atoms with Crippen molar-refractivity contribution in [2.45, 2.75) is 75.3 Å². The Balaban J connectivity index is 0.000000176. The minimum Gasteiger partial charge on any atom is -0.465 e. The van der Waals surface area contributed by atoms with Gasteiger partial charge in [0, 0.05) is 98.5 Å². The normalized spacial score (nSPS) is 17.0. The van der Waals surface area contributed by atoms with E-state index in [9.17, 15) is 36.0 Å². The second-order valence-electron chi connectivity index (χ2n) is 19.2. The summed E-state index contributed by atoms with van der Waals surface area (Å²) in [4.78, 5) is 57.0. The molecular weight excluding hydrogens is 945 g/mol. The van der Waals surface area contributed by atoms with Crippen LogP contribution in [-0.2, 0) is 55.5 Å². The SMILES string of the molecule is COC(=O)c1ccccc1S(=O)(=O)n1c2c(c3cc(C(=O)N4CCC(C)CC4)ccc31)CN(C)CC2.COC(=O)c1ccccc1S(=O)(=O)n1c2c(c3cc(C(=O)N4CCC(C)CC4)ccc31)CNCC2. The number of ether oxygens (including phenoxy) is 2. The molecule has 0 spiro atoms. The lowest BCUT2D eigenvalue weighted by molar-refractivity contribution is 0.0587. The molecule has 0 atom stereocenters. The van der Waals surface area contributed by atoms with Gasteiger partial charge in [0.2, 0.25) is 0 Å². The summed E-state index contributed by atoms with van der Waals surface area (Å²) in [6.45, 7) is 9.76. The molecule has 71 heavy (non-hydrogen) atoms. The topological polar surface area (TPSA) is 187 Å². The van der Waals surface area contributed by atoms with Crippen molar-refractivity contribution in [1.82, 2.24) is 28.0 Å². The maximum atomic E-state index is 14.1. The fourth-order valence-corrected chi connectivity index (χ4v) is 14.0. The summed E-state index contributed by atoms with van der Waals surface area (Å²) in [5, 5.41) is 4.81. The molecule has 0 bridgehead atoms. The Morgan fingerprint density at radius 1 is 0.577 bits per heavy atom.